The number of nitrogens with one attached hydrogen (secondary N) is 1. The fourth-order valence-corrected chi connectivity index (χ4v) is 3.13. The zero-order chi connectivity index (χ0) is 21.2. The van der Waals surface area contributed by atoms with Crippen molar-refractivity contribution in [3.05, 3.63) is 53.6 Å². The van der Waals surface area contributed by atoms with E-state index in [0.29, 0.717) is 17.9 Å². The summed E-state index contributed by atoms with van der Waals surface area (Å²) in [5.74, 6) is -1.09. The Balaban J connectivity index is 1.76. The van der Waals surface area contributed by atoms with E-state index in [2.05, 4.69) is 10.3 Å². The van der Waals surface area contributed by atoms with Gasteiger partial charge >= 0.3 is 6.09 Å². The van der Waals surface area contributed by atoms with Gasteiger partial charge < -0.3 is 10.1 Å². The van der Waals surface area contributed by atoms with Crippen molar-refractivity contribution in [2.75, 3.05) is 16.8 Å². The average Bonchev–Trinajstić information content (AvgIpc) is 2.66. The van der Waals surface area contributed by atoms with Crippen LogP contribution in [0.15, 0.2) is 36.4 Å². The predicted molar refractivity (Wildman–Crippen MR) is 110 cm³/mol. The zero-order valence-corrected chi connectivity index (χ0v) is 17.2. The molecule has 1 aliphatic rings. The fraction of sp³-hybridized carbons (Fsp3) is 0.409. The Hall–Kier alpha value is -2.96. The lowest BCUT2D eigenvalue weighted by molar-refractivity contribution is -0.117. The first-order valence-corrected chi connectivity index (χ1v) is 9.71. The number of carbonyl (C=O) groups is 2. The van der Waals surface area contributed by atoms with Gasteiger partial charge in [-0.15, -0.1) is 0 Å². The van der Waals surface area contributed by atoms with Crippen molar-refractivity contribution in [2.45, 2.75) is 52.1 Å². The van der Waals surface area contributed by atoms with Crippen molar-refractivity contribution < 1.29 is 18.7 Å². The van der Waals surface area contributed by atoms with E-state index in [1.165, 1.54) is 24.3 Å². The number of hydrogen-bond donors (Lipinski definition) is 1. The largest absolute Gasteiger partial charge is 0.443 e. The standard InChI is InChI=1S/C22H26FN3O3/c1-14(20(27)24-16-9-7-15(23)8-10-16)17-11-12-19-18(25-17)6-5-13-26(19)21(28)29-22(2,3)4/h7-12,14H,5-6,13H2,1-4H3,(H,24,27). The summed E-state index contributed by atoms with van der Waals surface area (Å²) in [7, 11) is 0. The van der Waals surface area contributed by atoms with Gasteiger partial charge in [0.1, 0.15) is 11.4 Å². The lowest BCUT2D eigenvalue weighted by Crippen LogP contribution is -2.40. The lowest BCUT2D eigenvalue weighted by Gasteiger charge is -2.31. The SMILES string of the molecule is CC(C(=O)Nc1ccc(F)cc1)c1ccc2c(n1)CCCN2C(=O)OC(C)(C)C. The Morgan fingerprint density at radius 1 is 1.17 bits per heavy atom. The Bertz CT molecular complexity index is 907. The molecule has 2 amide bonds. The highest BCUT2D eigenvalue weighted by atomic mass is 19.1. The molecule has 1 unspecified atom stereocenters. The molecule has 3 rings (SSSR count). The molecule has 0 saturated carbocycles. The van der Waals surface area contributed by atoms with Crippen LogP contribution in [0.5, 0.6) is 0 Å². The van der Waals surface area contributed by atoms with Gasteiger partial charge in [-0.1, -0.05) is 0 Å². The molecule has 1 atom stereocenters. The first-order valence-electron chi connectivity index (χ1n) is 9.71. The number of aryl methyl sites for hydroxylation is 1. The van der Waals surface area contributed by atoms with E-state index >= 15 is 0 Å². The molecule has 2 aromatic rings. The maximum Gasteiger partial charge on any atom is 0.414 e. The molecular formula is C22H26FN3O3. The third-order valence-electron chi connectivity index (χ3n) is 4.62. The minimum absolute atomic E-state index is 0.233. The zero-order valence-electron chi connectivity index (χ0n) is 17.2. The summed E-state index contributed by atoms with van der Waals surface area (Å²) in [6, 6.07) is 9.20. The number of ether oxygens (including phenoxy) is 1. The van der Waals surface area contributed by atoms with Gasteiger partial charge in [0.15, 0.2) is 0 Å². The number of pyridine rings is 1. The van der Waals surface area contributed by atoms with E-state index in [9.17, 15) is 14.0 Å². The molecule has 0 spiro atoms. The summed E-state index contributed by atoms with van der Waals surface area (Å²) in [4.78, 5) is 31.3. The normalized spacial score (nSPS) is 14.7. The van der Waals surface area contributed by atoms with Crippen molar-refractivity contribution in [1.29, 1.82) is 0 Å². The Morgan fingerprint density at radius 2 is 1.86 bits per heavy atom. The Kier molecular flexibility index (Phi) is 5.86. The summed E-state index contributed by atoms with van der Waals surface area (Å²) in [6.45, 7) is 7.83. The van der Waals surface area contributed by atoms with Crippen molar-refractivity contribution >= 4 is 23.4 Å². The van der Waals surface area contributed by atoms with Crippen LogP contribution in [0.1, 0.15) is 51.4 Å². The van der Waals surface area contributed by atoms with Crippen LogP contribution in [0, 0.1) is 5.82 Å². The summed E-state index contributed by atoms with van der Waals surface area (Å²) in [5, 5.41) is 2.77. The molecule has 1 N–H and O–H groups in total. The maximum atomic E-state index is 13.0. The van der Waals surface area contributed by atoms with Crippen LogP contribution >= 0.6 is 0 Å². The summed E-state index contributed by atoms with van der Waals surface area (Å²) < 4.78 is 18.5. The van der Waals surface area contributed by atoms with Crippen LogP contribution in [0.4, 0.5) is 20.6 Å². The second-order valence-corrected chi connectivity index (χ2v) is 8.16. The monoisotopic (exact) mass is 399 g/mol. The maximum absolute atomic E-state index is 13.0. The first-order chi connectivity index (χ1) is 13.6. The van der Waals surface area contributed by atoms with Crippen molar-refractivity contribution in [1.82, 2.24) is 4.98 Å². The molecule has 29 heavy (non-hydrogen) atoms. The second kappa shape index (κ2) is 8.19. The van der Waals surface area contributed by atoms with E-state index in [-0.39, 0.29) is 11.7 Å². The molecular weight excluding hydrogens is 373 g/mol. The minimum atomic E-state index is -0.574. The van der Waals surface area contributed by atoms with Gasteiger partial charge in [-0.25, -0.2) is 9.18 Å². The topological polar surface area (TPSA) is 71.5 Å². The third kappa shape index (κ3) is 5.10. The van der Waals surface area contributed by atoms with E-state index < -0.39 is 17.6 Å². The van der Waals surface area contributed by atoms with Crippen LogP contribution in [-0.2, 0) is 16.0 Å². The molecule has 154 valence electrons. The average molecular weight is 399 g/mol. The lowest BCUT2D eigenvalue weighted by atomic mass is 10.0. The van der Waals surface area contributed by atoms with Crippen LogP contribution in [0.2, 0.25) is 0 Å². The van der Waals surface area contributed by atoms with E-state index in [0.717, 1.165) is 24.2 Å². The molecule has 1 aliphatic heterocycles. The number of fused-ring (bicyclic) bond motifs is 1. The molecule has 0 radical (unpaired) electrons. The molecule has 0 aliphatic carbocycles. The van der Waals surface area contributed by atoms with E-state index in [4.69, 9.17) is 4.74 Å². The number of amides is 2. The highest BCUT2D eigenvalue weighted by molar-refractivity contribution is 5.95. The second-order valence-electron chi connectivity index (χ2n) is 8.16. The number of hydrogen-bond acceptors (Lipinski definition) is 4. The van der Waals surface area contributed by atoms with E-state index in [1.807, 2.05) is 26.8 Å². The number of halogens is 1. The van der Waals surface area contributed by atoms with Gasteiger partial charge in [0.25, 0.3) is 0 Å². The molecule has 0 fully saturated rings. The molecule has 6 nitrogen and oxygen atoms in total. The summed E-state index contributed by atoms with van der Waals surface area (Å²) in [5.41, 5.74) is 2.07. The number of anilines is 2. The smallest absolute Gasteiger partial charge is 0.414 e. The summed E-state index contributed by atoms with van der Waals surface area (Å²) in [6.07, 6.45) is 1.11. The predicted octanol–water partition coefficient (Wildman–Crippen LogP) is 4.65. The van der Waals surface area contributed by atoms with E-state index in [1.54, 1.807) is 17.9 Å². The number of nitrogens with zero attached hydrogens (tertiary/aromatic N) is 2. The van der Waals surface area contributed by atoms with Crippen molar-refractivity contribution in [3.63, 3.8) is 0 Å². The van der Waals surface area contributed by atoms with Gasteiger partial charge in [-0.3, -0.25) is 14.7 Å². The number of rotatable bonds is 3. The van der Waals surface area contributed by atoms with Gasteiger partial charge in [-0.2, -0.15) is 0 Å². The molecule has 7 heteroatoms. The quantitative estimate of drug-likeness (QED) is 0.815. The van der Waals surface area contributed by atoms with Crippen LogP contribution < -0.4 is 10.2 Å². The van der Waals surface area contributed by atoms with Crippen LogP contribution in [0.25, 0.3) is 0 Å². The van der Waals surface area contributed by atoms with Gasteiger partial charge in [-0.05, 0) is 76.9 Å². The van der Waals surface area contributed by atoms with Gasteiger partial charge in [0.05, 0.1) is 23.0 Å². The van der Waals surface area contributed by atoms with Crippen molar-refractivity contribution in [2.24, 2.45) is 0 Å². The molecule has 2 heterocycles. The van der Waals surface area contributed by atoms with Gasteiger partial charge in [0, 0.05) is 12.2 Å². The minimum Gasteiger partial charge on any atom is -0.443 e. The molecule has 0 saturated heterocycles. The number of benzene rings is 1. The van der Waals surface area contributed by atoms with Crippen molar-refractivity contribution in [3.8, 4) is 0 Å². The Labute approximate surface area is 170 Å². The third-order valence-corrected chi connectivity index (χ3v) is 4.62. The van der Waals surface area contributed by atoms with Crippen LogP contribution in [-0.4, -0.2) is 29.1 Å². The number of carbonyl (C=O) groups excluding carboxylic acids is 2. The number of aromatic nitrogens is 1. The highest BCUT2D eigenvalue weighted by Gasteiger charge is 2.29. The fourth-order valence-electron chi connectivity index (χ4n) is 3.13. The van der Waals surface area contributed by atoms with Gasteiger partial charge in [0.2, 0.25) is 5.91 Å². The molecule has 1 aromatic heterocycles. The Morgan fingerprint density at radius 3 is 2.52 bits per heavy atom. The highest BCUT2D eigenvalue weighted by Crippen LogP contribution is 2.29. The first kappa shape index (κ1) is 20.8. The molecule has 0 bridgehead atoms. The summed E-state index contributed by atoms with van der Waals surface area (Å²) >= 11 is 0. The van der Waals surface area contributed by atoms with Crippen LogP contribution in [0.3, 0.4) is 0 Å². The molecule has 1 aromatic carbocycles.